The van der Waals surface area contributed by atoms with Crippen LogP contribution in [0.4, 0.5) is 0 Å². The summed E-state index contributed by atoms with van der Waals surface area (Å²) in [6.45, 7) is 5.50. The molecule has 118 valence electrons. The Kier molecular flexibility index (Phi) is 5.61. The van der Waals surface area contributed by atoms with Gasteiger partial charge in [-0.05, 0) is 44.3 Å². The predicted octanol–water partition coefficient (Wildman–Crippen LogP) is 1.07. The summed E-state index contributed by atoms with van der Waals surface area (Å²) in [5, 5.41) is 19.0. The average Bonchev–Trinajstić information content (AvgIpc) is 3.10. The minimum absolute atomic E-state index is 0.442. The molecule has 2 unspecified atom stereocenters. The highest BCUT2D eigenvalue weighted by molar-refractivity contribution is 7.10. The molecular formula is C15H26N4OS. The Morgan fingerprint density at radius 1 is 1.57 bits per heavy atom. The lowest BCUT2D eigenvalue weighted by Crippen LogP contribution is -2.45. The highest BCUT2D eigenvalue weighted by Gasteiger charge is 2.25. The fraction of sp³-hybridized carbons (Fsp3) is 0.667. The van der Waals surface area contributed by atoms with Gasteiger partial charge in [-0.3, -0.25) is 4.99 Å². The van der Waals surface area contributed by atoms with Gasteiger partial charge in [0.1, 0.15) is 5.60 Å². The maximum absolute atomic E-state index is 10.5. The van der Waals surface area contributed by atoms with Gasteiger partial charge in [0, 0.05) is 25.0 Å². The smallest absolute Gasteiger partial charge is 0.191 e. The summed E-state index contributed by atoms with van der Waals surface area (Å²) < 4.78 is 0. The van der Waals surface area contributed by atoms with Gasteiger partial charge in [-0.1, -0.05) is 6.07 Å². The van der Waals surface area contributed by atoms with Gasteiger partial charge < -0.3 is 20.6 Å². The van der Waals surface area contributed by atoms with Crippen LogP contribution >= 0.6 is 11.3 Å². The molecule has 1 aromatic heterocycles. The molecule has 21 heavy (non-hydrogen) atoms. The summed E-state index contributed by atoms with van der Waals surface area (Å²) in [7, 11) is 3.92. The molecule has 2 heterocycles. The summed E-state index contributed by atoms with van der Waals surface area (Å²) >= 11 is 1.57. The Bertz CT molecular complexity index is 458. The van der Waals surface area contributed by atoms with Gasteiger partial charge in [-0.2, -0.15) is 0 Å². The Morgan fingerprint density at radius 2 is 2.38 bits per heavy atom. The molecule has 6 heteroatoms. The zero-order chi connectivity index (χ0) is 15.3. The van der Waals surface area contributed by atoms with Crippen molar-refractivity contribution in [1.29, 1.82) is 0 Å². The fourth-order valence-corrected chi connectivity index (χ4v) is 3.37. The van der Waals surface area contributed by atoms with Gasteiger partial charge in [0.2, 0.25) is 0 Å². The highest BCUT2D eigenvalue weighted by atomic mass is 32.1. The maximum atomic E-state index is 10.5. The Hall–Kier alpha value is -1.11. The second kappa shape index (κ2) is 7.24. The molecular weight excluding hydrogens is 284 g/mol. The molecule has 2 rings (SSSR count). The van der Waals surface area contributed by atoms with Crippen molar-refractivity contribution in [2.24, 2.45) is 10.9 Å². The third-order valence-electron chi connectivity index (χ3n) is 3.92. The molecule has 1 aliphatic heterocycles. The molecule has 1 aromatic rings. The van der Waals surface area contributed by atoms with Crippen molar-refractivity contribution < 1.29 is 5.11 Å². The van der Waals surface area contributed by atoms with Gasteiger partial charge in [0.25, 0.3) is 0 Å². The molecule has 1 saturated heterocycles. The van der Waals surface area contributed by atoms with E-state index in [4.69, 9.17) is 0 Å². The van der Waals surface area contributed by atoms with Crippen LogP contribution in [0.3, 0.4) is 0 Å². The van der Waals surface area contributed by atoms with Crippen molar-refractivity contribution in [3.8, 4) is 0 Å². The molecule has 0 aliphatic carbocycles. The summed E-state index contributed by atoms with van der Waals surface area (Å²) in [4.78, 5) is 7.54. The Labute approximate surface area is 131 Å². The number of guanidine groups is 1. The van der Waals surface area contributed by atoms with Crippen LogP contribution in [0.25, 0.3) is 0 Å². The van der Waals surface area contributed by atoms with Crippen molar-refractivity contribution in [3.63, 3.8) is 0 Å². The average molecular weight is 310 g/mol. The van der Waals surface area contributed by atoms with Crippen molar-refractivity contribution in [2.45, 2.75) is 18.9 Å². The third kappa shape index (κ3) is 4.69. The second-order valence-corrected chi connectivity index (χ2v) is 6.92. The molecule has 0 saturated carbocycles. The van der Waals surface area contributed by atoms with E-state index in [1.54, 1.807) is 18.4 Å². The number of hydrogen-bond acceptors (Lipinski definition) is 4. The van der Waals surface area contributed by atoms with Crippen LogP contribution in [0.2, 0.25) is 0 Å². The number of nitrogens with one attached hydrogen (secondary N) is 2. The van der Waals surface area contributed by atoms with E-state index in [0.29, 0.717) is 12.5 Å². The van der Waals surface area contributed by atoms with Gasteiger partial charge in [-0.25, -0.2) is 0 Å². The number of hydrogen-bond donors (Lipinski definition) is 3. The van der Waals surface area contributed by atoms with Crippen LogP contribution in [0.1, 0.15) is 18.2 Å². The maximum Gasteiger partial charge on any atom is 0.191 e. The van der Waals surface area contributed by atoms with Crippen LogP contribution < -0.4 is 10.6 Å². The quantitative estimate of drug-likeness (QED) is 0.562. The van der Waals surface area contributed by atoms with Gasteiger partial charge in [-0.15, -0.1) is 11.3 Å². The summed E-state index contributed by atoms with van der Waals surface area (Å²) in [5.41, 5.74) is -0.876. The van der Waals surface area contributed by atoms with Crippen LogP contribution in [-0.4, -0.2) is 56.2 Å². The van der Waals surface area contributed by atoms with E-state index in [0.717, 1.165) is 23.9 Å². The fourth-order valence-electron chi connectivity index (χ4n) is 2.58. The van der Waals surface area contributed by atoms with Crippen molar-refractivity contribution in [1.82, 2.24) is 15.5 Å². The van der Waals surface area contributed by atoms with Crippen LogP contribution in [0.5, 0.6) is 0 Å². The van der Waals surface area contributed by atoms with E-state index in [-0.39, 0.29) is 0 Å². The van der Waals surface area contributed by atoms with Crippen molar-refractivity contribution in [3.05, 3.63) is 22.4 Å². The second-order valence-electron chi connectivity index (χ2n) is 5.97. The first-order chi connectivity index (χ1) is 10.0. The van der Waals surface area contributed by atoms with E-state index in [2.05, 4.69) is 27.6 Å². The standard InChI is InChI=1S/C15H26N4OS/c1-15(20,13-5-4-8-21-13)11-18-14(16-2)17-9-12-6-7-19(3)10-12/h4-5,8,12,20H,6-7,9-11H2,1-3H3,(H2,16,17,18). The number of aliphatic imine (C=N–C) groups is 1. The third-order valence-corrected chi connectivity index (χ3v) is 5.05. The molecule has 0 spiro atoms. The van der Waals surface area contributed by atoms with E-state index < -0.39 is 5.60 Å². The molecule has 0 amide bonds. The van der Waals surface area contributed by atoms with E-state index in [9.17, 15) is 5.11 Å². The van der Waals surface area contributed by atoms with Gasteiger partial charge in [0.05, 0.1) is 6.54 Å². The topological polar surface area (TPSA) is 59.9 Å². The lowest BCUT2D eigenvalue weighted by atomic mass is 10.1. The van der Waals surface area contributed by atoms with E-state index in [1.165, 1.54) is 13.0 Å². The monoisotopic (exact) mass is 310 g/mol. The Morgan fingerprint density at radius 3 is 2.95 bits per heavy atom. The molecule has 5 nitrogen and oxygen atoms in total. The van der Waals surface area contributed by atoms with E-state index >= 15 is 0 Å². The highest BCUT2D eigenvalue weighted by Crippen LogP contribution is 2.24. The van der Waals surface area contributed by atoms with Crippen molar-refractivity contribution >= 4 is 17.3 Å². The van der Waals surface area contributed by atoms with Gasteiger partial charge in [0.15, 0.2) is 5.96 Å². The number of thiophene rings is 1. The minimum atomic E-state index is -0.876. The van der Waals surface area contributed by atoms with E-state index in [1.807, 2.05) is 24.4 Å². The first kappa shape index (κ1) is 16.3. The number of rotatable bonds is 5. The first-order valence-electron chi connectivity index (χ1n) is 7.40. The molecule has 2 atom stereocenters. The van der Waals surface area contributed by atoms with Crippen LogP contribution in [0.15, 0.2) is 22.5 Å². The first-order valence-corrected chi connectivity index (χ1v) is 8.28. The zero-order valence-electron chi connectivity index (χ0n) is 13.1. The minimum Gasteiger partial charge on any atom is -0.383 e. The molecule has 0 bridgehead atoms. The SMILES string of the molecule is CN=C(NCC1CCN(C)C1)NCC(C)(O)c1cccs1. The number of nitrogens with zero attached hydrogens (tertiary/aromatic N) is 2. The Balaban J connectivity index is 1.77. The van der Waals surface area contributed by atoms with Gasteiger partial charge >= 0.3 is 0 Å². The summed E-state index contributed by atoms with van der Waals surface area (Å²) in [6, 6.07) is 3.91. The predicted molar refractivity (Wildman–Crippen MR) is 88.9 cm³/mol. The van der Waals surface area contributed by atoms with Crippen LogP contribution in [0, 0.1) is 5.92 Å². The molecule has 1 fully saturated rings. The summed E-state index contributed by atoms with van der Waals surface area (Å²) in [6.07, 6.45) is 1.23. The largest absolute Gasteiger partial charge is 0.383 e. The van der Waals surface area contributed by atoms with Crippen LogP contribution in [-0.2, 0) is 5.60 Å². The molecule has 3 N–H and O–H groups in total. The lowest BCUT2D eigenvalue weighted by molar-refractivity contribution is 0.0655. The molecule has 1 aliphatic rings. The zero-order valence-corrected chi connectivity index (χ0v) is 13.9. The molecule has 0 aromatic carbocycles. The molecule has 0 radical (unpaired) electrons. The van der Waals surface area contributed by atoms with Crippen molar-refractivity contribution in [2.75, 3.05) is 40.3 Å². The summed E-state index contributed by atoms with van der Waals surface area (Å²) in [5.74, 6) is 1.42. The lowest BCUT2D eigenvalue weighted by Gasteiger charge is -2.24. The number of aliphatic hydroxyl groups is 1. The number of likely N-dealkylation sites (tertiary alicyclic amines) is 1. The normalized spacial score (nSPS) is 23.0.